The van der Waals surface area contributed by atoms with Crippen molar-refractivity contribution >= 4 is 57.3 Å². The maximum absolute atomic E-state index is 10.6. The highest BCUT2D eigenvalue weighted by Crippen LogP contribution is 2.36. The molecule has 4 heterocycles. The maximum atomic E-state index is 10.6. The number of nitrogens with one attached hydrogen (secondary N) is 1. The number of pyridine rings is 1. The van der Waals surface area contributed by atoms with Crippen LogP contribution in [0.15, 0.2) is 22.3 Å². The number of hydrogen-bond donors (Lipinski definition) is 3. The number of carboxylic acids is 1. The van der Waals surface area contributed by atoms with Crippen molar-refractivity contribution in [3.05, 3.63) is 23.0 Å². The zero-order chi connectivity index (χ0) is 27.5. The van der Waals surface area contributed by atoms with Crippen LogP contribution in [-0.4, -0.2) is 77.5 Å². The number of aliphatic hydroxyl groups is 1. The number of rotatable bonds is 7. The first-order valence-electron chi connectivity index (χ1n) is 11.0. The van der Waals surface area contributed by atoms with Crippen LogP contribution < -0.4 is 4.90 Å². The summed E-state index contributed by atoms with van der Waals surface area (Å²) in [4.78, 5) is 28.9. The molecule has 0 unspecified atom stereocenters. The maximum Gasteiger partial charge on any atom is 0.490 e. The van der Waals surface area contributed by atoms with Crippen LogP contribution in [0, 0.1) is 0 Å². The largest absolute Gasteiger partial charge is 0.490 e. The molecule has 3 N–H and O–H groups in total. The lowest BCUT2D eigenvalue weighted by Gasteiger charge is -2.18. The molecule has 0 fully saturated rings. The Hall–Kier alpha value is -3.17. The fourth-order valence-corrected chi connectivity index (χ4v) is 4.33. The third-order valence-corrected chi connectivity index (χ3v) is 6.24. The monoisotopic (exact) mass is 560 g/mol. The second-order valence-corrected chi connectivity index (χ2v) is 9.43. The van der Waals surface area contributed by atoms with Crippen LogP contribution in [0.3, 0.4) is 0 Å². The van der Waals surface area contributed by atoms with E-state index in [-0.39, 0.29) is 12.6 Å². The topological polar surface area (TPSA) is 146 Å². The van der Waals surface area contributed by atoms with Crippen molar-refractivity contribution in [2.45, 2.75) is 49.5 Å². The Balaban J connectivity index is 0.000000479. The summed E-state index contributed by atoms with van der Waals surface area (Å²) >= 11 is 7.97. The molecule has 11 nitrogen and oxygen atoms in total. The predicted molar refractivity (Wildman–Crippen MR) is 132 cm³/mol. The molecule has 0 bridgehead atoms. The van der Waals surface area contributed by atoms with Crippen molar-refractivity contribution in [3.63, 3.8) is 0 Å². The number of nitrogens with zero attached hydrogens (tertiary/aromatic N) is 7. The van der Waals surface area contributed by atoms with E-state index in [0.717, 1.165) is 33.6 Å². The molecule has 0 atom stereocenters. The van der Waals surface area contributed by atoms with Gasteiger partial charge in [-0.25, -0.2) is 24.4 Å². The van der Waals surface area contributed by atoms with Crippen molar-refractivity contribution in [2.75, 3.05) is 25.1 Å². The number of likely N-dealkylation sites (N-methyl/N-ethyl adjacent to an activating group) is 1. The first-order valence-corrected chi connectivity index (χ1v) is 12.2. The van der Waals surface area contributed by atoms with Crippen molar-refractivity contribution in [1.82, 2.24) is 34.9 Å². The highest BCUT2D eigenvalue weighted by Gasteiger charge is 2.38. The van der Waals surface area contributed by atoms with E-state index in [0.29, 0.717) is 28.2 Å². The summed E-state index contributed by atoms with van der Waals surface area (Å²) < 4.78 is 33.5. The number of aromatic nitrogens is 7. The van der Waals surface area contributed by atoms with E-state index in [4.69, 9.17) is 26.5 Å². The molecule has 4 rings (SSSR count). The molecule has 0 aliphatic rings. The second kappa shape index (κ2) is 11.5. The van der Waals surface area contributed by atoms with Gasteiger partial charge in [-0.15, -0.1) is 5.10 Å². The molecule has 0 aromatic carbocycles. The van der Waals surface area contributed by atoms with Gasteiger partial charge >= 0.3 is 12.1 Å². The number of hydrogen-bond acceptors (Lipinski definition) is 9. The Morgan fingerprint density at radius 3 is 2.57 bits per heavy atom. The SMILES string of the molecule is CCc1[nH]c2nc(Sc3cnc4c(c3)nnn4C(C)C)nc(N(C)CCO)c2c1Cl.O=C(O)C(F)(F)F. The number of H-pyrrole nitrogens is 1. The number of carboxylic acid groups (broad SMARTS) is 1. The zero-order valence-corrected chi connectivity index (χ0v) is 21.8. The van der Waals surface area contributed by atoms with Crippen LogP contribution in [0.4, 0.5) is 19.0 Å². The number of aromatic amines is 1. The van der Waals surface area contributed by atoms with E-state index >= 15 is 0 Å². The quantitative estimate of drug-likeness (QED) is 0.282. The molecular weight excluding hydrogens is 537 g/mol. The van der Waals surface area contributed by atoms with E-state index in [1.807, 2.05) is 38.8 Å². The van der Waals surface area contributed by atoms with Gasteiger partial charge in [0.15, 0.2) is 10.8 Å². The molecule has 0 aliphatic carbocycles. The standard InChI is InChI=1S/C19H23ClN8OS.C2HF3O2/c1-5-12-15(20)14-16(22-12)23-19(24-18(14)27(4)6-7-29)30-11-8-13-17(21-9-11)28(10(2)3)26-25-13;3-2(4,5)1(6)7/h8-10,29H,5-7H2,1-4H3,(H,22,23,24);(H,6,7). The highest BCUT2D eigenvalue weighted by molar-refractivity contribution is 7.99. The fraction of sp³-hybridized carbons (Fsp3) is 0.429. The number of anilines is 1. The summed E-state index contributed by atoms with van der Waals surface area (Å²) in [7, 11) is 1.87. The van der Waals surface area contributed by atoms with Gasteiger partial charge in [0.25, 0.3) is 0 Å². The predicted octanol–water partition coefficient (Wildman–Crippen LogP) is 4.11. The molecule has 4 aromatic heterocycles. The summed E-state index contributed by atoms with van der Waals surface area (Å²) in [6.45, 7) is 6.56. The average Bonchev–Trinajstić information content (AvgIpc) is 3.39. The molecule has 0 spiro atoms. The minimum absolute atomic E-state index is 0.0131. The smallest absolute Gasteiger partial charge is 0.475 e. The van der Waals surface area contributed by atoms with Crippen LogP contribution in [0.2, 0.25) is 5.02 Å². The van der Waals surface area contributed by atoms with Gasteiger partial charge in [-0.05, 0) is 38.1 Å². The van der Waals surface area contributed by atoms with Crippen LogP contribution >= 0.6 is 23.4 Å². The average molecular weight is 561 g/mol. The Kier molecular flexibility index (Phi) is 8.81. The zero-order valence-electron chi connectivity index (χ0n) is 20.2. The molecule has 0 saturated heterocycles. The second-order valence-electron chi connectivity index (χ2n) is 8.02. The van der Waals surface area contributed by atoms with Crippen molar-refractivity contribution < 1.29 is 28.2 Å². The number of aliphatic carboxylic acids is 1. The summed E-state index contributed by atoms with van der Waals surface area (Å²) in [6, 6.07) is 2.12. The van der Waals surface area contributed by atoms with Crippen molar-refractivity contribution in [1.29, 1.82) is 0 Å². The third kappa shape index (κ3) is 6.40. The van der Waals surface area contributed by atoms with Crippen LogP contribution in [0.25, 0.3) is 22.2 Å². The minimum atomic E-state index is -5.08. The molecule has 0 amide bonds. The van der Waals surface area contributed by atoms with Crippen molar-refractivity contribution in [3.8, 4) is 0 Å². The summed E-state index contributed by atoms with van der Waals surface area (Å²) in [5.74, 6) is -2.08. The van der Waals surface area contributed by atoms with Crippen LogP contribution in [0.1, 0.15) is 32.5 Å². The van der Waals surface area contributed by atoms with Crippen LogP contribution in [-0.2, 0) is 11.2 Å². The molecule has 0 radical (unpaired) electrons. The Morgan fingerprint density at radius 2 is 2.00 bits per heavy atom. The van der Waals surface area contributed by atoms with Gasteiger partial charge in [-0.3, -0.25) is 0 Å². The van der Waals surface area contributed by atoms with Crippen molar-refractivity contribution in [2.24, 2.45) is 0 Å². The van der Waals surface area contributed by atoms with Gasteiger partial charge in [0, 0.05) is 30.4 Å². The van der Waals surface area contributed by atoms with E-state index in [9.17, 15) is 18.3 Å². The Morgan fingerprint density at radius 1 is 1.32 bits per heavy atom. The number of aliphatic hydroxyl groups excluding tert-OH is 1. The molecule has 200 valence electrons. The number of carbonyl (C=O) groups is 1. The third-order valence-electron chi connectivity index (χ3n) is 5.00. The first-order chi connectivity index (χ1) is 17.4. The molecule has 4 aromatic rings. The van der Waals surface area contributed by atoms with Gasteiger partial charge in [0.1, 0.15) is 17.0 Å². The van der Waals surface area contributed by atoms with Gasteiger partial charge in [-0.1, -0.05) is 23.7 Å². The lowest BCUT2D eigenvalue weighted by Crippen LogP contribution is -2.22. The normalized spacial score (nSPS) is 11.7. The van der Waals surface area contributed by atoms with Crippen LogP contribution in [0.5, 0.6) is 0 Å². The van der Waals surface area contributed by atoms with E-state index in [1.165, 1.54) is 11.8 Å². The molecular formula is C21H24ClF3N8O3S. The minimum Gasteiger partial charge on any atom is -0.475 e. The van der Waals surface area contributed by atoms with Gasteiger partial charge in [-0.2, -0.15) is 13.2 Å². The molecule has 0 aliphatic heterocycles. The summed E-state index contributed by atoms with van der Waals surface area (Å²) in [5.41, 5.74) is 3.06. The van der Waals surface area contributed by atoms with Gasteiger partial charge < -0.3 is 20.1 Å². The lowest BCUT2D eigenvalue weighted by molar-refractivity contribution is -0.192. The number of fused-ring (bicyclic) bond motifs is 2. The van der Waals surface area contributed by atoms with E-state index < -0.39 is 12.1 Å². The number of alkyl halides is 3. The molecule has 37 heavy (non-hydrogen) atoms. The van der Waals surface area contributed by atoms with E-state index in [1.54, 1.807) is 10.9 Å². The number of halogens is 4. The molecule has 16 heteroatoms. The van der Waals surface area contributed by atoms with Gasteiger partial charge in [0.05, 0.1) is 23.1 Å². The summed E-state index contributed by atoms with van der Waals surface area (Å²) in [6.07, 6.45) is -2.55. The molecule has 0 saturated carbocycles. The van der Waals surface area contributed by atoms with Gasteiger partial charge in [0.2, 0.25) is 0 Å². The summed E-state index contributed by atoms with van der Waals surface area (Å²) in [5, 5.41) is 26.9. The number of aryl methyl sites for hydroxylation is 1. The van der Waals surface area contributed by atoms with E-state index in [2.05, 4.69) is 25.3 Å². The first kappa shape index (κ1) is 28.4. The Labute approximate surface area is 218 Å². The highest BCUT2D eigenvalue weighted by atomic mass is 35.5. The lowest BCUT2D eigenvalue weighted by atomic mass is 10.3. The Bertz CT molecular complexity index is 1410. The fourth-order valence-electron chi connectivity index (χ4n) is 3.22.